The van der Waals surface area contributed by atoms with Gasteiger partial charge < -0.3 is 10.3 Å². The lowest BCUT2D eigenvalue weighted by molar-refractivity contribution is 0.370. The zero-order valence-corrected chi connectivity index (χ0v) is 10.9. The van der Waals surface area contributed by atoms with Crippen LogP contribution in [0.1, 0.15) is 30.1 Å². The van der Waals surface area contributed by atoms with Gasteiger partial charge in [-0.2, -0.15) is 4.98 Å². The van der Waals surface area contributed by atoms with Crippen LogP contribution in [-0.4, -0.2) is 16.7 Å². The second-order valence-corrected chi connectivity index (χ2v) is 4.59. The highest BCUT2D eigenvalue weighted by Gasteiger charge is 2.06. The smallest absolute Gasteiger partial charge is 0.226 e. The predicted octanol–water partition coefficient (Wildman–Crippen LogP) is 2.60. The quantitative estimate of drug-likeness (QED) is 0.816. The van der Waals surface area contributed by atoms with Crippen LogP contribution in [-0.2, 0) is 12.8 Å². The lowest BCUT2D eigenvalue weighted by atomic mass is 10.1. The molecule has 0 atom stereocenters. The predicted molar refractivity (Wildman–Crippen MR) is 70.5 cm³/mol. The van der Waals surface area contributed by atoms with Crippen molar-refractivity contribution in [3.63, 3.8) is 0 Å². The van der Waals surface area contributed by atoms with Gasteiger partial charge in [0.1, 0.15) is 0 Å². The molecule has 0 aliphatic rings. The van der Waals surface area contributed by atoms with E-state index in [0.29, 0.717) is 24.7 Å². The number of aryl methyl sites for hydroxylation is 1. The lowest BCUT2D eigenvalue weighted by Crippen LogP contribution is -1.99. The van der Waals surface area contributed by atoms with Crippen molar-refractivity contribution in [2.75, 3.05) is 6.54 Å². The van der Waals surface area contributed by atoms with Crippen molar-refractivity contribution in [3.8, 4) is 0 Å². The Balaban J connectivity index is 1.91. The molecular weight excluding hydrogens is 250 g/mol. The van der Waals surface area contributed by atoms with Crippen molar-refractivity contribution in [3.05, 3.63) is 46.6 Å². The third-order valence-electron chi connectivity index (χ3n) is 2.63. The summed E-state index contributed by atoms with van der Waals surface area (Å²) < 4.78 is 5.18. The van der Waals surface area contributed by atoms with Crippen LogP contribution in [0.25, 0.3) is 0 Å². The number of aromatic nitrogens is 2. The molecule has 0 fully saturated rings. The number of nitrogens with two attached hydrogens (primary N) is 1. The molecule has 0 radical (unpaired) electrons. The highest BCUT2D eigenvalue weighted by atomic mass is 35.5. The third kappa shape index (κ3) is 3.82. The van der Waals surface area contributed by atoms with Crippen molar-refractivity contribution in [2.24, 2.45) is 5.73 Å². The molecule has 1 aromatic heterocycles. The van der Waals surface area contributed by atoms with E-state index in [1.165, 1.54) is 0 Å². The minimum absolute atomic E-state index is 0.664. The number of nitrogens with zero attached hydrogens (tertiary/aromatic N) is 2. The molecule has 0 saturated carbocycles. The number of unbranched alkanes of at least 4 members (excludes halogenated alkanes) is 1. The second-order valence-electron chi connectivity index (χ2n) is 4.15. The van der Waals surface area contributed by atoms with Gasteiger partial charge in [0.25, 0.3) is 0 Å². The van der Waals surface area contributed by atoms with Crippen LogP contribution in [0.3, 0.4) is 0 Å². The Bertz CT molecular complexity index is 481. The molecule has 0 aliphatic heterocycles. The zero-order valence-electron chi connectivity index (χ0n) is 10.1. The van der Waals surface area contributed by atoms with Crippen LogP contribution in [0.15, 0.2) is 28.8 Å². The molecule has 0 aliphatic carbocycles. The van der Waals surface area contributed by atoms with Crippen LogP contribution in [0.5, 0.6) is 0 Å². The molecule has 2 N–H and O–H groups in total. The molecular formula is C13H16ClN3O. The SMILES string of the molecule is NCCCCc1nc(Cc2ccc(Cl)cc2)no1. The molecule has 18 heavy (non-hydrogen) atoms. The Kier molecular flexibility index (Phi) is 4.73. The van der Waals surface area contributed by atoms with Gasteiger partial charge in [0.05, 0.1) is 0 Å². The van der Waals surface area contributed by atoms with Crippen LogP contribution in [0, 0.1) is 0 Å². The first kappa shape index (κ1) is 13.1. The number of rotatable bonds is 6. The van der Waals surface area contributed by atoms with E-state index in [1.54, 1.807) is 0 Å². The third-order valence-corrected chi connectivity index (χ3v) is 2.88. The Labute approximate surface area is 111 Å². The van der Waals surface area contributed by atoms with Crippen LogP contribution >= 0.6 is 11.6 Å². The monoisotopic (exact) mass is 265 g/mol. The number of halogens is 1. The zero-order chi connectivity index (χ0) is 12.8. The highest BCUT2D eigenvalue weighted by Crippen LogP contribution is 2.12. The van der Waals surface area contributed by atoms with Gasteiger partial charge >= 0.3 is 0 Å². The molecule has 0 amide bonds. The molecule has 1 aromatic carbocycles. The fourth-order valence-corrected chi connectivity index (χ4v) is 1.79. The maximum atomic E-state index is 5.83. The highest BCUT2D eigenvalue weighted by molar-refractivity contribution is 6.30. The summed E-state index contributed by atoms with van der Waals surface area (Å²) in [5.74, 6) is 1.40. The Morgan fingerprint density at radius 2 is 1.94 bits per heavy atom. The van der Waals surface area contributed by atoms with Gasteiger partial charge in [-0.3, -0.25) is 0 Å². The summed E-state index contributed by atoms with van der Waals surface area (Å²) in [6, 6.07) is 7.65. The lowest BCUT2D eigenvalue weighted by Gasteiger charge is -1.96. The van der Waals surface area contributed by atoms with Crippen molar-refractivity contribution in [1.29, 1.82) is 0 Å². The minimum Gasteiger partial charge on any atom is -0.339 e. The fourth-order valence-electron chi connectivity index (χ4n) is 1.67. The largest absolute Gasteiger partial charge is 0.339 e. The first-order valence-electron chi connectivity index (χ1n) is 6.04. The summed E-state index contributed by atoms with van der Waals surface area (Å²) >= 11 is 5.83. The van der Waals surface area contributed by atoms with Crippen molar-refractivity contribution in [1.82, 2.24) is 10.1 Å². The van der Waals surface area contributed by atoms with E-state index in [0.717, 1.165) is 29.8 Å². The molecule has 0 unspecified atom stereocenters. The van der Waals surface area contributed by atoms with Gasteiger partial charge in [0.2, 0.25) is 5.89 Å². The van der Waals surface area contributed by atoms with Crippen LogP contribution in [0.2, 0.25) is 5.02 Å². The van der Waals surface area contributed by atoms with Crippen molar-refractivity contribution < 1.29 is 4.52 Å². The van der Waals surface area contributed by atoms with E-state index in [4.69, 9.17) is 21.9 Å². The van der Waals surface area contributed by atoms with E-state index in [-0.39, 0.29) is 0 Å². The average molecular weight is 266 g/mol. The molecule has 0 spiro atoms. The van der Waals surface area contributed by atoms with Crippen molar-refractivity contribution in [2.45, 2.75) is 25.7 Å². The summed E-state index contributed by atoms with van der Waals surface area (Å²) in [4.78, 5) is 4.35. The van der Waals surface area contributed by atoms with Gasteiger partial charge in [0.15, 0.2) is 5.82 Å². The molecule has 0 bridgehead atoms. The van der Waals surface area contributed by atoms with Crippen LogP contribution < -0.4 is 5.73 Å². The maximum absolute atomic E-state index is 5.83. The molecule has 2 aromatic rings. The fraction of sp³-hybridized carbons (Fsp3) is 0.385. The maximum Gasteiger partial charge on any atom is 0.226 e. The van der Waals surface area contributed by atoms with Gasteiger partial charge in [0, 0.05) is 17.9 Å². The van der Waals surface area contributed by atoms with Gasteiger partial charge in [-0.15, -0.1) is 0 Å². The van der Waals surface area contributed by atoms with E-state index < -0.39 is 0 Å². The van der Waals surface area contributed by atoms with Gasteiger partial charge in [-0.1, -0.05) is 28.9 Å². The number of hydrogen-bond acceptors (Lipinski definition) is 4. The molecule has 0 saturated heterocycles. The summed E-state index contributed by atoms with van der Waals surface area (Å²) in [6.45, 7) is 0.700. The Morgan fingerprint density at radius 1 is 1.17 bits per heavy atom. The van der Waals surface area contributed by atoms with Crippen LogP contribution in [0.4, 0.5) is 0 Å². The van der Waals surface area contributed by atoms with E-state index in [9.17, 15) is 0 Å². The Hall–Kier alpha value is -1.39. The first-order chi connectivity index (χ1) is 8.78. The molecule has 4 nitrogen and oxygen atoms in total. The standard InChI is InChI=1S/C13H16ClN3O/c14-11-6-4-10(5-7-11)9-12-16-13(18-17-12)3-1-2-8-15/h4-7H,1-3,8-9,15H2. The first-order valence-corrected chi connectivity index (χ1v) is 6.41. The second kappa shape index (κ2) is 6.52. The summed E-state index contributed by atoms with van der Waals surface area (Å²) in [6.07, 6.45) is 3.43. The molecule has 1 heterocycles. The van der Waals surface area contributed by atoms with Gasteiger partial charge in [-0.25, -0.2) is 0 Å². The Morgan fingerprint density at radius 3 is 2.67 bits per heavy atom. The number of hydrogen-bond donors (Lipinski definition) is 1. The topological polar surface area (TPSA) is 64.9 Å². The summed E-state index contributed by atoms with van der Waals surface area (Å²) in [5, 5.41) is 4.69. The molecule has 2 rings (SSSR count). The van der Waals surface area contributed by atoms with E-state index >= 15 is 0 Å². The summed E-state index contributed by atoms with van der Waals surface area (Å²) in [7, 11) is 0. The molecule has 96 valence electrons. The number of benzene rings is 1. The summed E-state index contributed by atoms with van der Waals surface area (Å²) in [5.41, 5.74) is 6.55. The molecule has 5 heteroatoms. The average Bonchev–Trinajstić information content (AvgIpc) is 2.80. The van der Waals surface area contributed by atoms with Gasteiger partial charge in [-0.05, 0) is 37.1 Å². The normalized spacial score (nSPS) is 10.8. The van der Waals surface area contributed by atoms with E-state index in [2.05, 4.69) is 10.1 Å². The van der Waals surface area contributed by atoms with Crippen molar-refractivity contribution >= 4 is 11.6 Å². The minimum atomic E-state index is 0.664. The van der Waals surface area contributed by atoms with E-state index in [1.807, 2.05) is 24.3 Å².